The first-order valence-electron chi connectivity index (χ1n) is 5.73. The van der Waals surface area contributed by atoms with E-state index < -0.39 is 9.84 Å². The molecule has 0 aliphatic carbocycles. The van der Waals surface area contributed by atoms with Crippen LogP contribution >= 0.6 is 23.2 Å². The largest absolute Gasteiger partial charge is 0.338 e. The van der Waals surface area contributed by atoms with Gasteiger partial charge in [-0.15, -0.1) is 0 Å². The maximum absolute atomic E-state index is 12.3. The quantitative estimate of drug-likeness (QED) is 0.839. The van der Waals surface area contributed by atoms with Crippen molar-refractivity contribution in [2.75, 3.05) is 18.6 Å². The number of amides is 1. The minimum Gasteiger partial charge on any atom is -0.338 e. The van der Waals surface area contributed by atoms with Crippen LogP contribution in [0, 0.1) is 0 Å². The van der Waals surface area contributed by atoms with Crippen LogP contribution in [0.3, 0.4) is 0 Å². The van der Waals surface area contributed by atoms with E-state index in [4.69, 9.17) is 23.2 Å². The van der Waals surface area contributed by atoms with Crippen LogP contribution in [0.15, 0.2) is 18.2 Å². The Morgan fingerprint density at radius 3 is 2.58 bits per heavy atom. The van der Waals surface area contributed by atoms with Crippen LogP contribution in [-0.2, 0) is 9.84 Å². The lowest BCUT2D eigenvalue weighted by Gasteiger charge is -2.23. The summed E-state index contributed by atoms with van der Waals surface area (Å²) in [5.41, 5.74) is 0.331. The number of benzene rings is 1. The Morgan fingerprint density at radius 2 is 2.05 bits per heavy atom. The fraction of sp³-hybridized carbons (Fsp3) is 0.417. The van der Waals surface area contributed by atoms with E-state index in [-0.39, 0.29) is 28.5 Å². The molecular weight excluding hydrogens is 309 g/mol. The van der Waals surface area contributed by atoms with Gasteiger partial charge in [0.25, 0.3) is 5.91 Å². The number of sulfone groups is 1. The molecular formula is C12H13Cl2NO3S. The van der Waals surface area contributed by atoms with Crippen molar-refractivity contribution in [2.45, 2.75) is 12.5 Å². The highest BCUT2D eigenvalue weighted by atomic mass is 35.5. The molecule has 1 heterocycles. The summed E-state index contributed by atoms with van der Waals surface area (Å²) in [5.74, 6) is -0.145. The van der Waals surface area contributed by atoms with E-state index in [9.17, 15) is 13.2 Å². The van der Waals surface area contributed by atoms with Crippen molar-refractivity contribution in [3.63, 3.8) is 0 Å². The molecule has 7 heteroatoms. The number of carbonyl (C=O) groups excluding carboxylic acids is 1. The van der Waals surface area contributed by atoms with Crippen LogP contribution in [0.2, 0.25) is 10.0 Å². The first kappa shape index (κ1) is 14.6. The molecule has 1 saturated heterocycles. The molecule has 0 N–H and O–H groups in total. The second-order valence-electron chi connectivity index (χ2n) is 4.60. The molecule has 1 aliphatic heterocycles. The molecule has 2 rings (SSSR count). The molecule has 0 saturated carbocycles. The maximum atomic E-state index is 12.3. The van der Waals surface area contributed by atoms with Gasteiger partial charge in [-0.3, -0.25) is 4.79 Å². The lowest BCUT2D eigenvalue weighted by molar-refractivity contribution is 0.0748. The molecule has 0 bridgehead atoms. The first-order valence-corrected chi connectivity index (χ1v) is 8.30. The van der Waals surface area contributed by atoms with Gasteiger partial charge < -0.3 is 4.90 Å². The number of hydrogen-bond acceptors (Lipinski definition) is 3. The van der Waals surface area contributed by atoms with Crippen molar-refractivity contribution in [1.82, 2.24) is 4.90 Å². The topological polar surface area (TPSA) is 54.5 Å². The third-order valence-electron chi connectivity index (χ3n) is 3.24. The normalized spacial score (nSPS) is 21.3. The number of carbonyl (C=O) groups is 1. The summed E-state index contributed by atoms with van der Waals surface area (Å²) in [4.78, 5) is 13.7. The summed E-state index contributed by atoms with van der Waals surface area (Å²) in [6, 6.07) is 4.34. The van der Waals surface area contributed by atoms with E-state index in [1.807, 2.05) is 0 Å². The van der Waals surface area contributed by atoms with Gasteiger partial charge in [0.1, 0.15) is 0 Å². The van der Waals surface area contributed by atoms with Crippen molar-refractivity contribution in [3.8, 4) is 0 Å². The van der Waals surface area contributed by atoms with E-state index in [1.165, 1.54) is 11.0 Å². The third-order valence-corrected chi connectivity index (χ3v) is 5.54. The summed E-state index contributed by atoms with van der Waals surface area (Å²) < 4.78 is 22.9. The van der Waals surface area contributed by atoms with E-state index >= 15 is 0 Å². The number of halogens is 2. The van der Waals surface area contributed by atoms with Gasteiger partial charge in [-0.05, 0) is 24.6 Å². The zero-order chi connectivity index (χ0) is 14.2. The Kier molecular flexibility index (Phi) is 4.08. The second-order valence-corrected chi connectivity index (χ2v) is 7.67. The summed E-state index contributed by atoms with van der Waals surface area (Å²) in [5, 5.41) is 0.720. The van der Waals surface area contributed by atoms with Gasteiger partial charge >= 0.3 is 0 Å². The van der Waals surface area contributed by atoms with E-state index in [1.54, 1.807) is 19.2 Å². The lowest BCUT2D eigenvalue weighted by Crippen LogP contribution is -2.37. The fourth-order valence-electron chi connectivity index (χ4n) is 2.10. The van der Waals surface area contributed by atoms with Gasteiger partial charge in [0.05, 0.1) is 22.1 Å². The molecule has 19 heavy (non-hydrogen) atoms. The molecule has 0 spiro atoms. The van der Waals surface area contributed by atoms with Crippen molar-refractivity contribution in [1.29, 1.82) is 0 Å². The molecule has 1 atom stereocenters. The SMILES string of the molecule is CN(C(=O)c1ccc(Cl)cc1Cl)[C@H]1CCS(=O)(=O)C1. The monoisotopic (exact) mass is 321 g/mol. The average Bonchev–Trinajstić information content (AvgIpc) is 2.68. The zero-order valence-corrected chi connectivity index (χ0v) is 12.6. The van der Waals surface area contributed by atoms with Gasteiger partial charge in [0.15, 0.2) is 9.84 Å². The smallest absolute Gasteiger partial charge is 0.255 e. The summed E-state index contributed by atoms with van der Waals surface area (Å²) >= 11 is 11.8. The van der Waals surface area contributed by atoms with Crippen LogP contribution in [0.1, 0.15) is 16.8 Å². The van der Waals surface area contributed by atoms with Gasteiger partial charge in [-0.2, -0.15) is 0 Å². The molecule has 0 unspecified atom stereocenters. The molecule has 1 aliphatic rings. The van der Waals surface area contributed by atoms with Crippen molar-refractivity contribution in [2.24, 2.45) is 0 Å². The van der Waals surface area contributed by atoms with Gasteiger partial charge in [0.2, 0.25) is 0 Å². The molecule has 1 aromatic rings. The number of nitrogens with zero attached hydrogens (tertiary/aromatic N) is 1. The molecule has 0 radical (unpaired) electrons. The molecule has 4 nitrogen and oxygen atoms in total. The Balaban J connectivity index is 2.20. The Bertz CT molecular complexity index is 615. The number of rotatable bonds is 2. The van der Waals surface area contributed by atoms with Crippen molar-refractivity contribution >= 4 is 38.9 Å². The predicted molar refractivity (Wildman–Crippen MR) is 75.6 cm³/mol. The van der Waals surface area contributed by atoms with E-state index in [2.05, 4.69) is 0 Å². The Morgan fingerprint density at radius 1 is 1.37 bits per heavy atom. The van der Waals surface area contributed by atoms with Crippen LogP contribution < -0.4 is 0 Å². The van der Waals surface area contributed by atoms with E-state index in [0.717, 1.165) is 0 Å². The second kappa shape index (κ2) is 5.31. The van der Waals surface area contributed by atoms with Gasteiger partial charge in [-0.25, -0.2) is 8.42 Å². The standard InChI is InChI=1S/C12H13Cl2NO3S/c1-15(9-4-5-19(17,18)7-9)12(16)10-3-2-8(13)6-11(10)14/h2-3,6,9H,4-5,7H2,1H3/t9-/m0/s1. The maximum Gasteiger partial charge on any atom is 0.255 e. The summed E-state index contributed by atoms with van der Waals surface area (Å²) in [6.45, 7) is 0. The van der Waals surface area contributed by atoms with Gasteiger partial charge in [-0.1, -0.05) is 23.2 Å². The third kappa shape index (κ3) is 3.22. The highest BCUT2D eigenvalue weighted by Crippen LogP contribution is 2.24. The van der Waals surface area contributed by atoms with Crippen LogP contribution in [0.4, 0.5) is 0 Å². The molecule has 0 aromatic heterocycles. The average molecular weight is 322 g/mol. The predicted octanol–water partition coefficient (Wildman–Crippen LogP) is 2.25. The van der Waals surface area contributed by atoms with Crippen LogP contribution in [0.25, 0.3) is 0 Å². The minimum atomic E-state index is -3.02. The Labute approximate surface area is 122 Å². The Hall–Kier alpha value is -0.780. The first-order chi connectivity index (χ1) is 8.80. The minimum absolute atomic E-state index is 0.0143. The van der Waals surface area contributed by atoms with Crippen molar-refractivity contribution in [3.05, 3.63) is 33.8 Å². The fourth-order valence-corrected chi connectivity index (χ4v) is 4.36. The van der Waals surface area contributed by atoms with Gasteiger partial charge in [0, 0.05) is 18.1 Å². The highest BCUT2D eigenvalue weighted by Gasteiger charge is 2.33. The van der Waals surface area contributed by atoms with E-state index in [0.29, 0.717) is 17.0 Å². The van der Waals surface area contributed by atoms with Crippen LogP contribution in [0.5, 0.6) is 0 Å². The molecule has 104 valence electrons. The number of hydrogen-bond donors (Lipinski definition) is 0. The summed E-state index contributed by atoms with van der Waals surface area (Å²) in [6.07, 6.45) is 0.468. The van der Waals surface area contributed by atoms with Crippen LogP contribution in [-0.4, -0.2) is 43.8 Å². The molecule has 1 amide bonds. The summed E-state index contributed by atoms with van der Waals surface area (Å²) in [7, 11) is -1.43. The molecule has 1 fully saturated rings. The van der Waals surface area contributed by atoms with Crippen molar-refractivity contribution < 1.29 is 13.2 Å². The molecule has 1 aromatic carbocycles. The highest BCUT2D eigenvalue weighted by molar-refractivity contribution is 7.91. The lowest BCUT2D eigenvalue weighted by atomic mass is 10.1. The zero-order valence-electron chi connectivity index (χ0n) is 10.3.